The van der Waals surface area contributed by atoms with E-state index in [9.17, 15) is 0 Å². The average Bonchev–Trinajstić information content (AvgIpc) is 2.27. The number of aromatic nitrogens is 1. The van der Waals surface area contributed by atoms with Crippen LogP contribution in [0.15, 0.2) is 4.42 Å². The van der Waals surface area contributed by atoms with Gasteiger partial charge in [-0.2, -0.15) is 11.8 Å². The van der Waals surface area contributed by atoms with E-state index in [2.05, 4.69) is 4.98 Å². The van der Waals surface area contributed by atoms with Gasteiger partial charge in [0.05, 0.1) is 11.4 Å². The number of rotatable bonds is 0. The summed E-state index contributed by atoms with van der Waals surface area (Å²) in [5, 5.41) is 0. The molecule has 0 unspecified atom stereocenters. The number of H-pyrrole nitrogens is 1. The van der Waals surface area contributed by atoms with Gasteiger partial charge >= 0.3 is 0 Å². The molecular weight excluding hydrogens is 166 g/mol. The molecule has 0 radical (unpaired) electrons. The van der Waals surface area contributed by atoms with Gasteiger partial charge in [-0.15, -0.1) is 0 Å². The van der Waals surface area contributed by atoms with E-state index < -0.39 is 0 Å². The standard InChI is InChI=1S/C6H7NOS2/c9-6-7-4-1-2-10-3-5(4)8-6/h1-3H2,(H,7,9). The van der Waals surface area contributed by atoms with E-state index in [-0.39, 0.29) is 0 Å². The molecule has 1 aromatic rings. The van der Waals surface area contributed by atoms with Gasteiger partial charge in [0.15, 0.2) is 0 Å². The number of fused-ring (bicyclic) bond motifs is 1. The second kappa shape index (κ2) is 2.43. The minimum Gasteiger partial charge on any atom is -0.433 e. The van der Waals surface area contributed by atoms with Gasteiger partial charge in [0.25, 0.3) is 4.84 Å². The topological polar surface area (TPSA) is 28.9 Å². The number of thioether (sulfide) groups is 1. The molecule has 1 aliphatic heterocycles. The first-order valence-corrected chi connectivity index (χ1v) is 4.71. The first-order chi connectivity index (χ1) is 4.86. The van der Waals surface area contributed by atoms with Gasteiger partial charge < -0.3 is 9.40 Å². The molecule has 0 saturated heterocycles. The lowest BCUT2D eigenvalue weighted by atomic mass is 10.3. The third kappa shape index (κ3) is 1.01. The van der Waals surface area contributed by atoms with Crippen LogP contribution in [0.1, 0.15) is 11.5 Å². The van der Waals surface area contributed by atoms with Crippen molar-refractivity contribution in [1.29, 1.82) is 0 Å². The van der Waals surface area contributed by atoms with Crippen molar-refractivity contribution < 1.29 is 4.42 Å². The molecule has 4 heteroatoms. The summed E-state index contributed by atoms with van der Waals surface area (Å²) < 4.78 is 5.24. The van der Waals surface area contributed by atoms with Crippen molar-refractivity contribution >= 4 is 24.0 Å². The molecule has 0 aromatic carbocycles. The summed E-state index contributed by atoms with van der Waals surface area (Å²) in [5.41, 5.74) is 1.20. The summed E-state index contributed by atoms with van der Waals surface area (Å²) in [7, 11) is 0. The van der Waals surface area contributed by atoms with Gasteiger partial charge in [-0.3, -0.25) is 0 Å². The molecule has 2 rings (SSSR count). The summed E-state index contributed by atoms with van der Waals surface area (Å²) in [6.45, 7) is 0. The zero-order chi connectivity index (χ0) is 6.97. The van der Waals surface area contributed by atoms with Gasteiger partial charge in [-0.05, 0) is 18.0 Å². The van der Waals surface area contributed by atoms with Crippen LogP contribution in [0, 0.1) is 4.84 Å². The fraction of sp³-hybridized carbons (Fsp3) is 0.500. The number of aromatic amines is 1. The van der Waals surface area contributed by atoms with Crippen molar-refractivity contribution in [2.24, 2.45) is 0 Å². The van der Waals surface area contributed by atoms with Crippen molar-refractivity contribution in [2.45, 2.75) is 12.2 Å². The third-order valence-corrected chi connectivity index (χ3v) is 2.68. The molecule has 0 fully saturated rings. The van der Waals surface area contributed by atoms with Gasteiger partial charge in [0.2, 0.25) is 0 Å². The smallest absolute Gasteiger partial charge is 0.266 e. The number of hydrogen-bond acceptors (Lipinski definition) is 3. The second-order valence-corrected chi connectivity index (χ2v) is 3.69. The lowest BCUT2D eigenvalue weighted by Crippen LogP contribution is -1.99. The Hall–Kier alpha value is -0.220. The highest BCUT2D eigenvalue weighted by atomic mass is 32.2. The Morgan fingerprint density at radius 1 is 1.60 bits per heavy atom. The number of aryl methyl sites for hydroxylation is 1. The van der Waals surface area contributed by atoms with Crippen molar-refractivity contribution in [3.63, 3.8) is 0 Å². The Balaban J connectivity index is 2.50. The van der Waals surface area contributed by atoms with Crippen LogP contribution in [0.2, 0.25) is 0 Å². The molecule has 1 aliphatic rings. The Labute approximate surface area is 68.0 Å². The molecule has 1 aromatic heterocycles. The molecule has 0 aliphatic carbocycles. The molecule has 0 bridgehead atoms. The van der Waals surface area contributed by atoms with Crippen LogP contribution < -0.4 is 0 Å². The van der Waals surface area contributed by atoms with Crippen LogP contribution in [0.3, 0.4) is 0 Å². The fourth-order valence-electron chi connectivity index (χ4n) is 1.05. The highest BCUT2D eigenvalue weighted by molar-refractivity contribution is 7.98. The van der Waals surface area contributed by atoms with Crippen LogP contribution in [0.25, 0.3) is 0 Å². The van der Waals surface area contributed by atoms with E-state index in [1.54, 1.807) is 0 Å². The predicted octanol–water partition coefficient (Wildman–Crippen LogP) is 2.13. The summed E-state index contributed by atoms with van der Waals surface area (Å²) in [5.74, 6) is 3.20. The monoisotopic (exact) mass is 173 g/mol. The van der Waals surface area contributed by atoms with E-state index in [4.69, 9.17) is 16.6 Å². The summed E-state index contributed by atoms with van der Waals surface area (Å²) in [6, 6.07) is 0. The SMILES string of the molecule is S=c1[nH]c2c(o1)CSCC2. The zero-order valence-electron chi connectivity index (χ0n) is 5.35. The third-order valence-electron chi connectivity index (χ3n) is 1.53. The Bertz CT molecular complexity index is 262. The fourth-order valence-corrected chi connectivity index (χ4v) is 2.18. The molecule has 10 heavy (non-hydrogen) atoms. The van der Waals surface area contributed by atoms with Crippen LogP contribution in [0.5, 0.6) is 0 Å². The van der Waals surface area contributed by atoms with E-state index in [1.165, 1.54) is 11.4 Å². The summed E-state index contributed by atoms with van der Waals surface area (Å²) in [6.07, 6.45) is 1.07. The van der Waals surface area contributed by atoms with E-state index in [0.717, 1.165) is 17.9 Å². The van der Waals surface area contributed by atoms with E-state index in [1.807, 2.05) is 11.8 Å². The Morgan fingerprint density at radius 2 is 2.50 bits per heavy atom. The van der Waals surface area contributed by atoms with Crippen LogP contribution in [-0.2, 0) is 12.2 Å². The number of hydrogen-bond donors (Lipinski definition) is 1. The van der Waals surface area contributed by atoms with Gasteiger partial charge in [0.1, 0.15) is 5.76 Å². The highest BCUT2D eigenvalue weighted by Gasteiger charge is 2.12. The van der Waals surface area contributed by atoms with Gasteiger partial charge in [-0.25, -0.2) is 0 Å². The van der Waals surface area contributed by atoms with E-state index in [0.29, 0.717) is 4.84 Å². The molecule has 0 spiro atoms. The maximum atomic E-state index is 5.24. The van der Waals surface area contributed by atoms with Crippen LogP contribution in [-0.4, -0.2) is 10.7 Å². The number of oxazole rings is 1. The summed E-state index contributed by atoms with van der Waals surface area (Å²) in [4.78, 5) is 3.55. The van der Waals surface area contributed by atoms with Crippen molar-refractivity contribution in [2.75, 3.05) is 5.75 Å². The quantitative estimate of drug-likeness (QED) is 0.609. The van der Waals surface area contributed by atoms with E-state index >= 15 is 0 Å². The minimum atomic E-state index is 0.521. The largest absolute Gasteiger partial charge is 0.433 e. The molecule has 0 saturated carbocycles. The maximum absolute atomic E-state index is 5.24. The molecule has 0 amide bonds. The van der Waals surface area contributed by atoms with Crippen molar-refractivity contribution in [3.05, 3.63) is 16.3 Å². The normalized spacial score (nSPS) is 16.8. The lowest BCUT2D eigenvalue weighted by molar-refractivity contribution is 0.505. The molecule has 1 N–H and O–H groups in total. The minimum absolute atomic E-state index is 0.521. The maximum Gasteiger partial charge on any atom is 0.266 e. The molecule has 54 valence electrons. The van der Waals surface area contributed by atoms with Crippen LogP contribution >= 0.6 is 24.0 Å². The summed E-state index contributed by atoms with van der Waals surface area (Å²) >= 11 is 6.74. The van der Waals surface area contributed by atoms with Gasteiger partial charge in [-0.1, -0.05) is 0 Å². The predicted molar refractivity (Wildman–Crippen MR) is 43.8 cm³/mol. The molecular formula is C6H7NOS2. The number of nitrogens with one attached hydrogen (secondary N) is 1. The molecule has 2 heterocycles. The molecule has 0 atom stereocenters. The lowest BCUT2D eigenvalue weighted by Gasteiger charge is -2.06. The molecule has 2 nitrogen and oxygen atoms in total. The average molecular weight is 173 g/mol. The van der Waals surface area contributed by atoms with Gasteiger partial charge in [0, 0.05) is 6.42 Å². The first kappa shape index (κ1) is 6.49. The van der Waals surface area contributed by atoms with Crippen molar-refractivity contribution in [1.82, 2.24) is 4.98 Å². The Kier molecular flexibility index (Phi) is 1.58. The Morgan fingerprint density at radius 3 is 3.30 bits per heavy atom. The zero-order valence-corrected chi connectivity index (χ0v) is 6.98. The highest BCUT2D eigenvalue weighted by Crippen LogP contribution is 2.23. The van der Waals surface area contributed by atoms with Crippen LogP contribution in [0.4, 0.5) is 0 Å². The van der Waals surface area contributed by atoms with Crippen molar-refractivity contribution in [3.8, 4) is 0 Å². The first-order valence-electron chi connectivity index (χ1n) is 3.15. The second-order valence-electron chi connectivity index (χ2n) is 2.22.